The van der Waals surface area contributed by atoms with Crippen LogP contribution in [0.15, 0.2) is 60.0 Å². The van der Waals surface area contributed by atoms with E-state index in [2.05, 4.69) is 70.7 Å². The lowest BCUT2D eigenvalue weighted by molar-refractivity contribution is -0.138. The number of nitrogens with zero attached hydrogens (tertiary/aromatic N) is 6. The maximum atomic E-state index is 14.0. The molecule has 2 atom stereocenters. The molecule has 2 saturated carbocycles. The number of ketones is 2. The summed E-state index contributed by atoms with van der Waals surface area (Å²) in [6.07, 6.45) is 8.66. The quantitative estimate of drug-likeness (QED) is 0.0568. The zero-order valence-corrected chi connectivity index (χ0v) is 45.6. The van der Waals surface area contributed by atoms with Gasteiger partial charge in [-0.1, -0.05) is 23.7 Å². The van der Waals surface area contributed by atoms with E-state index in [9.17, 15) is 24.0 Å². The molecule has 75 heavy (non-hydrogen) atoms. The maximum Gasteiger partial charge on any atom is 0.262 e. The lowest BCUT2D eigenvalue weighted by atomic mass is 9.77. The van der Waals surface area contributed by atoms with Crippen molar-refractivity contribution in [1.29, 1.82) is 0 Å². The van der Waals surface area contributed by atoms with E-state index in [-0.39, 0.29) is 48.7 Å². The van der Waals surface area contributed by atoms with Crippen LogP contribution < -0.4 is 15.0 Å². The second-order valence-electron chi connectivity index (χ2n) is 21.9. The van der Waals surface area contributed by atoms with Gasteiger partial charge in [-0.25, -0.2) is 9.97 Å². The van der Waals surface area contributed by atoms with E-state index in [4.69, 9.17) is 31.0 Å². The van der Waals surface area contributed by atoms with Gasteiger partial charge in [0, 0.05) is 90.9 Å². The molecule has 2 aromatic heterocycles. The topological polar surface area (TPSA) is 155 Å². The number of hydrogen-bond donors (Lipinski definition) is 1. The first-order valence-electron chi connectivity index (χ1n) is 27.0. The summed E-state index contributed by atoms with van der Waals surface area (Å²) >= 11 is 8.51. The first-order chi connectivity index (χ1) is 36.2. The molecule has 16 heteroatoms. The number of Topliss-reactive ketones (excluding diaryl/α,β-unsaturated/α-hetero) is 2. The third kappa shape index (κ3) is 11.4. The number of nitrogens with one attached hydrogen (secondary N) is 1. The lowest BCUT2D eigenvalue weighted by Crippen LogP contribution is -2.47. The highest BCUT2D eigenvalue weighted by atomic mass is 35.5. The van der Waals surface area contributed by atoms with Crippen molar-refractivity contribution in [2.24, 2.45) is 17.8 Å². The molecular formula is C59H70ClN7O7S. The molecule has 396 valence electrons. The van der Waals surface area contributed by atoms with Gasteiger partial charge in [0.25, 0.3) is 11.8 Å². The van der Waals surface area contributed by atoms with E-state index in [1.807, 2.05) is 25.1 Å². The van der Waals surface area contributed by atoms with Crippen LogP contribution in [0.25, 0.3) is 22.0 Å². The first-order valence-corrected chi connectivity index (χ1v) is 28.3. The van der Waals surface area contributed by atoms with Gasteiger partial charge in [-0.3, -0.25) is 28.9 Å². The average molecular weight is 1060 g/mol. The van der Waals surface area contributed by atoms with Crippen molar-refractivity contribution in [2.45, 2.75) is 115 Å². The highest BCUT2D eigenvalue weighted by molar-refractivity contribution is 7.10. The summed E-state index contributed by atoms with van der Waals surface area (Å²) in [6, 6.07) is 17.1. The number of anilines is 2. The van der Waals surface area contributed by atoms with Gasteiger partial charge in [0.1, 0.15) is 23.2 Å². The Morgan fingerprint density at radius 3 is 2.36 bits per heavy atom. The zero-order valence-electron chi connectivity index (χ0n) is 44.0. The number of methoxy groups -OCH3 is 1. The molecule has 0 radical (unpaired) electrons. The normalized spacial score (nSPS) is 21.4. The Kier molecular flexibility index (Phi) is 16.1. The van der Waals surface area contributed by atoms with E-state index >= 15 is 0 Å². The largest absolute Gasteiger partial charge is 0.496 e. The van der Waals surface area contributed by atoms with Crippen LogP contribution in [0, 0.1) is 24.7 Å². The molecular weight excluding hydrogens is 986 g/mol. The Labute approximate surface area is 449 Å². The van der Waals surface area contributed by atoms with Gasteiger partial charge in [0.05, 0.1) is 42.3 Å². The predicted molar refractivity (Wildman–Crippen MR) is 294 cm³/mol. The molecule has 5 heterocycles. The standard InChI is InChI=1S/C59H70ClN7O7S/c1-35(54-27-42(34-75-54)55-41(32-64(3)4)7-6-8-49(55)60)61-56-48-30-46(53(73-5)31-50(48)62-36(2)63-56)39-9-11-40(12-10-39)57(70)66-24-17-37(18-25-66)21-26-74-33-38-19-22-65(23-20-38)43-13-15-45-47(28-43)59(72)67(58(45)71)51-16-14-44(68)29-52(51)69/h6-8,13,15,27-28,30-31,34-35,37-40,51H,9-12,14,16-26,29,32-33H2,1-5H3,(H,61,62,63)/t35-,39?,40?,51-/m1/s1. The van der Waals surface area contributed by atoms with Crippen molar-refractivity contribution in [3.05, 3.63) is 98.0 Å². The van der Waals surface area contributed by atoms with Crippen molar-refractivity contribution < 1.29 is 33.4 Å². The summed E-state index contributed by atoms with van der Waals surface area (Å²) in [4.78, 5) is 83.5. The average Bonchev–Trinajstić information content (AvgIpc) is 3.99. The third-order valence-corrected chi connectivity index (χ3v) is 18.0. The van der Waals surface area contributed by atoms with Crippen molar-refractivity contribution in [3.8, 4) is 16.9 Å². The summed E-state index contributed by atoms with van der Waals surface area (Å²) in [5.41, 5.74) is 6.93. The van der Waals surface area contributed by atoms with Gasteiger partial charge < -0.3 is 29.5 Å². The number of piperidine rings is 2. The molecule has 5 aliphatic rings. The molecule has 3 aliphatic heterocycles. The van der Waals surface area contributed by atoms with Crippen molar-refractivity contribution in [2.75, 3.05) is 70.8 Å². The molecule has 0 spiro atoms. The summed E-state index contributed by atoms with van der Waals surface area (Å²) in [5.74, 6) is 2.52. The molecule has 5 aromatic rings. The van der Waals surface area contributed by atoms with Crippen LogP contribution in [0.1, 0.15) is 138 Å². The summed E-state index contributed by atoms with van der Waals surface area (Å²) in [6.45, 7) is 9.58. The van der Waals surface area contributed by atoms with E-state index in [1.165, 1.54) is 10.4 Å². The molecule has 3 aromatic carbocycles. The zero-order chi connectivity index (χ0) is 52.5. The van der Waals surface area contributed by atoms with Crippen LogP contribution in [0.4, 0.5) is 11.5 Å². The lowest BCUT2D eigenvalue weighted by Gasteiger charge is -2.36. The SMILES string of the molecule is COc1cc2nc(C)nc(N[C@H](C)c3cc(-c4c(Cl)cccc4CN(C)C)cs3)c2cc1C1CCC(C(=O)N2CCC(CCOCC3CCN(c4ccc5c(c4)C(=O)N([C@@H]4CCC(=O)CC4=O)C5=O)CC3)CC2)CC1. The molecule has 1 N–H and O–H groups in total. The van der Waals surface area contributed by atoms with Gasteiger partial charge >= 0.3 is 0 Å². The van der Waals surface area contributed by atoms with Crippen LogP contribution in [0.5, 0.6) is 5.75 Å². The molecule has 0 bridgehead atoms. The van der Waals surface area contributed by atoms with E-state index in [0.717, 1.165) is 152 Å². The number of likely N-dealkylation sites (tertiary alicyclic amines) is 1. The van der Waals surface area contributed by atoms with E-state index < -0.39 is 17.9 Å². The number of benzene rings is 3. The summed E-state index contributed by atoms with van der Waals surface area (Å²) in [5, 5.41) is 7.65. The highest BCUT2D eigenvalue weighted by Crippen LogP contribution is 2.44. The Hall–Kier alpha value is -5.74. The highest BCUT2D eigenvalue weighted by Gasteiger charge is 2.45. The number of halogens is 1. The van der Waals surface area contributed by atoms with Crippen LogP contribution in [0.2, 0.25) is 5.02 Å². The van der Waals surface area contributed by atoms with Crippen LogP contribution >= 0.6 is 22.9 Å². The second-order valence-corrected chi connectivity index (χ2v) is 23.3. The molecule has 4 fully saturated rings. The molecule has 14 nitrogen and oxygen atoms in total. The van der Waals surface area contributed by atoms with Gasteiger partial charge in [0.2, 0.25) is 5.91 Å². The first kappa shape index (κ1) is 52.7. The third-order valence-electron chi connectivity index (χ3n) is 16.5. The van der Waals surface area contributed by atoms with E-state index in [0.29, 0.717) is 41.3 Å². The van der Waals surface area contributed by atoms with Crippen molar-refractivity contribution >= 4 is 74.6 Å². The predicted octanol–water partition coefficient (Wildman–Crippen LogP) is 10.7. The fourth-order valence-electron chi connectivity index (χ4n) is 12.3. The number of amides is 3. The number of aromatic nitrogens is 2. The molecule has 0 unspecified atom stereocenters. The van der Waals surface area contributed by atoms with Gasteiger partial charge in [-0.05, 0) is 168 Å². The number of aryl methyl sites for hydroxylation is 1. The number of carbonyl (C=O) groups excluding carboxylic acids is 5. The number of fused-ring (bicyclic) bond motifs is 2. The monoisotopic (exact) mass is 1060 g/mol. The van der Waals surface area contributed by atoms with Crippen LogP contribution in [0.3, 0.4) is 0 Å². The Morgan fingerprint density at radius 1 is 0.880 bits per heavy atom. The fraction of sp³-hybridized carbons (Fsp3) is 0.508. The number of hydrogen-bond acceptors (Lipinski definition) is 13. The fourth-order valence-corrected chi connectivity index (χ4v) is 13.5. The van der Waals surface area contributed by atoms with Crippen LogP contribution in [-0.4, -0.2) is 121 Å². The summed E-state index contributed by atoms with van der Waals surface area (Å²) < 4.78 is 12.3. The second kappa shape index (κ2) is 22.8. The Balaban J connectivity index is 0.667. The summed E-state index contributed by atoms with van der Waals surface area (Å²) in [7, 11) is 5.87. The van der Waals surface area contributed by atoms with E-state index in [1.54, 1.807) is 30.6 Å². The smallest absolute Gasteiger partial charge is 0.262 e. The maximum absolute atomic E-state index is 14.0. The van der Waals surface area contributed by atoms with Crippen molar-refractivity contribution in [1.82, 2.24) is 24.7 Å². The number of carbonyl (C=O) groups is 5. The van der Waals surface area contributed by atoms with Gasteiger partial charge in [-0.15, -0.1) is 11.3 Å². The molecule has 2 aliphatic carbocycles. The minimum absolute atomic E-state index is 0.0173. The Bertz CT molecular complexity index is 2970. The molecule has 10 rings (SSSR count). The van der Waals surface area contributed by atoms with Gasteiger partial charge in [0.15, 0.2) is 5.78 Å². The number of thiophene rings is 1. The van der Waals surface area contributed by atoms with Gasteiger partial charge in [-0.2, -0.15) is 0 Å². The Morgan fingerprint density at radius 2 is 1.63 bits per heavy atom. The minimum atomic E-state index is -0.865. The number of rotatable bonds is 16. The number of imide groups is 1. The number of ether oxygens (including phenoxy) is 2. The van der Waals surface area contributed by atoms with Crippen LogP contribution in [-0.2, 0) is 25.7 Å². The minimum Gasteiger partial charge on any atom is -0.496 e. The molecule has 3 amide bonds. The molecule has 2 saturated heterocycles. The van der Waals surface area contributed by atoms with Crippen molar-refractivity contribution in [3.63, 3.8) is 0 Å².